The summed E-state index contributed by atoms with van der Waals surface area (Å²) < 4.78 is 26.9. The van der Waals surface area contributed by atoms with Crippen molar-refractivity contribution >= 4 is 17.3 Å². The summed E-state index contributed by atoms with van der Waals surface area (Å²) in [6.45, 7) is 2.37. The fourth-order valence-electron chi connectivity index (χ4n) is 2.36. The Hall–Kier alpha value is -3.09. The molecule has 0 atom stereocenters. The number of anilines is 1. The molecule has 0 aromatic heterocycles. The van der Waals surface area contributed by atoms with E-state index in [0.717, 1.165) is 24.6 Å². The zero-order valence-corrected chi connectivity index (χ0v) is 13.8. The molecule has 0 bridgehead atoms. The van der Waals surface area contributed by atoms with Crippen LogP contribution in [0.15, 0.2) is 42.1 Å². The minimum atomic E-state index is -0.721. The summed E-state index contributed by atoms with van der Waals surface area (Å²) >= 11 is 0. The second kappa shape index (κ2) is 7.65. The molecular formula is C18H20F2N4O. The molecule has 0 unspecified atom stereocenters. The van der Waals surface area contributed by atoms with E-state index in [0.29, 0.717) is 17.7 Å². The summed E-state index contributed by atoms with van der Waals surface area (Å²) in [5.41, 5.74) is 18.9. The number of rotatable bonds is 5. The van der Waals surface area contributed by atoms with E-state index >= 15 is 0 Å². The number of nitrogen functional groups attached to an aromatic ring is 1. The normalized spacial score (nSPS) is 11.8. The number of carbonyl (C=O) groups is 1. The Kier molecular flexibility index (Phi) is 5.59. The molecule has 0 heterocycles. The number of halogens is 2. The van der Waals surface area contributed by atoms with E-state index < -0.39 is 17.5 Å². The van der Waals surface area contributed by atoms with Crippen molar-refractivity contribution in [3.8, 4) is 11.1 Å². The fraction of sp³-hybridized carbons (Fsp3) is 0.167. The molecule has 5 nitrogen and oxygen atoms in total. The van der Waals surface area contributed by atoms with Crippen molar-refractivity contribution < 1.29 is 13.6 Å². The van der Waals surface area contributed by atoms with E-state index in [1.54, 1.807) is 18.2 Å². The minimum Gasteiger partial charge on any atom is -0.398 e. The molecule has 2 aromatic rings. The van der Waals surface area contributed by atoms with Crippen LogP contribution in [0, 0.1) is 11.6 Å². The Labute approximate surface area is 144 Å². The number of para-hydroxylation sites is 1. The van der Waals surface area contributed by atoms with Crippen molar-refractivity contribution in [3.63, 3.8) is 0 Å². The molecule has 0 aliphatic heterocycles. The van der Waals surface area contributed by atoms with Gasteiger partial charge < -0.3 is 22.5 Å². The number of hydrogen-bond acceptors (Lipinski definition) is 4. The topological polar surface area (TPSA) is 107 Å². The number of benzene rings is 2. The lowest BCUT2D eigenvalue weighted by atomic mass is 9.98. The van der Waals surface area contributed by atoms with Crippen LogP contribution < -0.4 is 22.5 Å². The van der Waals surface area contributed by atoms with E-state index in [1.165, 1.54) is 0 Å². The third-order valence-corrected chi connectivity index (χ3v) is 3.64. The van der Waals surface area contributed by atoms with Gasteiger partial charge in [0, 0.05) is 29.4 Å². The molecule has 132 valence electrons. The van der Waals surface area contributed by atoms with Crippen molar-refractivity contribution in [1.29, 1.82) is 0 Å². The van der Waals surface area contributed by atoms with E-state index in [4.69, 9.17) is 17.2 Å². The number of hydrogen-bond donors (Lipinski definition) is 4. The molecule has 7 heteroatoms. The van der Waals surface area contributed by atoms with Crippen molar-refractivity contribution in [2.24, 2.45) is 11.5 Å². The van der Waals surface area contributed by atoms with Gasteiger partial charge in [-0.15, -0.1) is 0 Å². The highest BCUT2D eigenvalue weighted by Gasteiger charge is 2.16. The Morgan fingerprint density at radius 3 is 2.36 bits per heavy atom. The lowest BCUT2D eigenvalue weighted by Gasteiger charge is -2.14. The molecule has 25 heavy (non-hydrogen) atoms. The molecule has 0 aliphatic carbocycles. The Bertz CT molecular complexity index is 814. The summed E-state index contributed by atoms with van der Waals surface area (Å²) in [7, 11) is 0. The highest BCUT2D eigenvalue weighted by atomic mass is 19.1. The van der Waals surface area contributed by atoms with Crippen LogP contribution in [0.5, 0.6) is 0 Å². The molecule has 0 saturated carbocycles. The van der Waals surface area contributed by atoms with Gasteiger partial charge in [0.25, 0.3) is 5.91 Å². The first-order valence-electron chi connectivity index (χ1n) is 7.73. The zero-order chi connectivity index (χ0) is 18.6. The molecule has 0 radical (unpaired) electrons. The molecule has 0 fully saturated rings. The quantitative estimate of drug-likeness (QED) is 0.492. The van der Waals surface area contributed by atoms with Gasteiger partial charge in [-0.1, -0.05) is 25.1 Å². The van der Waals surface area contributed by atoms with Gasteiger partial charge in [-0.25, -0.2) is 8.78 Å². The molecule has 0 saturated heterocycles. The summed E-state index contributed by atoms with van der Waals surface area (Å²) in [5.74, 6) is -1.94. The largest absolute Gasteiger partial charge is 0.398 e. The lowest BCUT2D eigenvalue weighted by molar-refractivity contribution is -0.117. The van der Waals surface area contributed by atoms with Crippen LogP contribution >= 0.6 is 0 Å². The average Bonchev–Trinajstić information content (AvgIpc) is 2.57. The minimum absolute atomic E-state index is 0.00447. The standard InChI is InChI=1S/C18H20F2N4O/c1-2-6-24-18(25)17(23)16(22)14-5-3-4-13(15(14)21)10-7-11(19)9-12(20)8-10/h3-5,7-9H,2,6,21-23H2,1H3,(H,24,25)/b17-16+. The Morgan fingerprint density at radius 1 is 1.12 bits per heavy atom. The zero-order valence-electron chi connectivity index (χ0n) is 13.8. The highest BCUT2D eigenvalue weighted by Crippen LogP contribution is 2.32. The maximum atomic E-state index is 13.5. The van der Waals surface area contributed by atoms with E-state index in [1.807, 2.05) is 6.92 Å². The summed E-state index contributed by atoms with van der Waals surface area (Å²) in [6, 6.07) is 7.91. The van der Waals surface area contributed by atoms with Crippen LogP contribution in [0.1, 0.15) is 18.9 Å². The predicted molar refractivity (Wildman–Crippen MR) is 94.8 cm³/mol. The van der Waals surface area contributed by atoms with Gasteiger partial charge in [0.1, 0.15) is 17.3 Å². The number of nitrogens with one attached hydrogen (secondary N) is 1. The van der Waals surface area contributed by atoms with Crippen LogP contribution in [-0.4, -0.2) is 12.5 Å². The van der Waals surface area contributed by atoms with E-state index in [9.17, 15) is 13.6 Å². The van der Waals surface area contributed by atoms with E-state index in [-0.39, 0.29) is 22.6 Å². The van der Waals surface area contributed by atoms with Crippen LogP contribution in [0.4, 0.5) is 14.5 Å². The molecule has 2 aromatic carbocycles. The monoisotopic (exact) mass is 346 g/mol. The third-order valence-electron chi connectivity index (χ3n) is 3.64. The molecule has 2 rings (SSSR count). The van der Waals surface area contributed by atoms with Crippen molar-refractivity contribution in [2.75, 3.05) is 12.3 Å². The van der Waals surface area contributed by atoms with E-state index in [2.05, 4.69) is 5.32 Å². The van der Waals surface area contributed by atoms with Gasteiger partial charge in [-0.05, 0) is 24.1 Å². The smallest absolute Gasteiger partial charge is 0.269 e. The summed E-state index contributed by atoms with van der Waals surface area (Å²) in [6.07, 6.45) is 0.752. The van der Waals surface area contributed by atoms with Gasteiger partial charge in [0.2, 0.25) is 0 Å². The first-order valence-corrected chi connectivity index (χ1v) is 7.73. The lowest BCUT2D eigenvalue weighted by Crippen LogP contribution is -2.31. The number of amides is 1. The summed E-state index contributed by atoms with van der Waals surface area (Å²) in [5, 5.41) is 2.62. The summed E-state index contributed by atoms with van der Waals surface area (Å²) in [4.78, 5) is 12.0. The highest BCUT2D eigenvalue weighted by molar-refractivity contribution is 6.01. The first-order chi connectivity index (χ1) is 11.8. The molecule has 0 aliphatic rings. The second-order valence-electron chi connectivity index (χ2n) is 5.51. The second-order valence-corrected chi connectivity index (χ2v) is 5.51. The third kappa shape index (κ3) is 4.06. The Balaban J connectivity index is 2.49. The molecular weight excluding hydrogens is 326 g/mol. The van der Waals surface area contributed by atoms with Crippen LogP contribution in [0.2, 0.25) is 0 Å². The van der Waals surface area contributed by atoms with Gasteiger partial charge in [-0.2, -0.15) is 0 Å². The van der Waals surface area contributed by atoms with Gasteiger partial charge >= 0.3 is 0 Å². The van der Waals surface area contributed by atoms with Crippen LogP contribution in [0.25, 0.3) is 16.8 Å². The maximum absolute atomic E-state index is 13.5. The number of nitrogens with two attached hydrogens (primary N) is 3. The van der Waals surface area contributed by atoms with Crippen molar-refractivity contribution in [3.05, 3.63) is 59.3 Å². The first kappa shape index (κ1) is 18.3. The SMILES string of the molecule is CCCNC(=O)/C(N)=C(\N)c1cccc(-c2cc(F)cc(F)c2)c1N. The van der Waals surface area contributed by atoms with Crippen LogP contribution in [0.3, 0.4) is 0 Å². The van der Waals surface area contributed by atoms with Gasteiger partial charge in [0.15, 0.2) is 0 Å². The molecule has 0 spiro atoms. The fourth-order valence-corrected chi connectivity index (χ4v) is 2.36. The average molecular weight is 346 g/mol. The Morgan fingerprint density at radius 2 is 1.76 bits per heavy atom. The molecule has 1 amide bonds. The predicted octanol–water partition coefficient (Wildman–Crippen LogP) is 2.33. The number of carbonyl (C=O) groups excluding carboxylic acids is 1. The van der Waals surface area contributed by atoms with Crippen molar-refractivity contribution in [2.45, 2.75) is 13.3 Å². The maximum Gasteiger partial charge on any atom is 0.269 e. The molecule has 7 N–H and O–H groups in total. The van der Waals surface area contributed by atoms with Crippen LogP contribution in [-0.2, 0) is 4.79 Å². The van der Waals surface area contributed by atoms with Gasteiger partial charge in [0.05, 0.1) is 5.70 Å². The van der Waals surface area contributed by atoms with Gasteiger partial charge in [-0.3, -0.25) is 4.79 Å². The van der Waals surface area contributed by atoms with Crippen molar-refractivity contribution in [1.82, 2.24) is 5.32 Å².